The summed E-state index contributed by atoms with van der Waals surface area (Å²) in [4.78, 5) is 22.7. The molecule has 27 heavy (non-hydrogen) atoms. The van der Waals surface area contributed by atoms with Crippen LogP contribution in [-0.2, 0) is 9.53 Å². The summed E-state index contributed by atoms with van der Waals surface area (Å²) >= 11 is 0. The highest BCUT2D eigenvalue weighted by atomic mass is 16.5. The minimum absolute atomic E-state index is 0.0446. The van der Waals surface area contributed by atoms with Crippen LogP contribution >= 0.6 is 0 Å². The number of rotatable bonds is 5. The number of carbonyl (C=O) groups is 1. The number of anilines is 4. The number of aryl methyl sites for hydroxylation is 2. The first-order valence-electron chi connectivity index (χ1n) is 9.36. The number of nitrogens with two attached hydrogens (primary N) is 1. The third-order valence-corrected chi connectivity index (χ3v) is 4.92. The highest BCUT2D eigenvalue weighted by Gasteiger charge is 2.28. The zero-order chi connectivity index (χ0) is 19.4. The summed E-state index contributed by atoms with van der Waals surface area (Å²) in [6.07, 6.45) is 3.00. The van der Waals surface area contributed by atoms with Crippen LogP contribution in [-0.4, -0.2) is 35.6 Å². The number of esters is 1. The number of hydrogen-bond donors (Lipinski definition) is 2. The van der Waals surface area contributed by atoms with Gasteiger partial charge in [-0.2, -0.15) is 0 Å². The summed E-state index contributed by atoms with van der Waals surface area (Å²) in [5.41, 5.74) is 10.2. The molecule has 0 unspecified atom stereocenters. The Hall–Kier alpha value is -2.83. The van der Waals surface area contributed by atoms with Gasteiger partial charge in [0.05, 0.1) is 12.5 Å². The molecule has 0 spiro atoms. The second-order valence-electron chi connectivity index (χ2n) is 6.92. The molecule has 1 saturated heterocycles. The number of carbonyl (C=O) groups excluding carboxylic acids is 1. The van der Waals surface area contributed by atoms with E-state index in [2.05, 4.69) is 38.4 Å². The second kappa shape index (κ2) is 8.24. The fourth-order valence-electron chi connectivity index (χ4n) is 3.32. The quantitative estimate of drug-likeness (QED) is 0.782. The lowest BCUT2D eigenvalue weighted by atomic mass is 9.97. The van der Waals surface area contributed by atoms with Gasteiger partial charge >= 0.3 is 5.97 Å². The molecular formula is C20H27N5O2. The van der Waals surface area contributed by atoms with E-state index in [1.54, 1.807) is 0 Å². The molecule has 144 valence electrons. The number of hydrogen-bond acceptors (Lipinski definition) is 7. The number of aromatic nitrogens is 2. The summed E-state index contributed by atoms with van der Waals surface area (Å²) in [5.74, 6) is 1.16. The maximum absolute atomic E-state index is 11.9. The Morgan fingerprint density at radius 2 is 2.04 bits per heavy atom. The maximum atomic E-state index is 11.9. The van der Waals surface area contributed by atoms with Crippen molar-refractivity contribution in [3.8, 4) is 0 Å². The molecule has 0 aliphatic carbocycles. The molecule has 0 saturated carbocycles. The normalized spacial score (nSPS) is 14.9. The van der Waals surface area contributed by atoms with Crippen molar-refractivity contribution in [3.63, 3.8) is 0 Å². The van der Waals surface area contributed by atoms with Crippen LogP contribution in [0.25, 0.3) is 0 Å². The molecule has 1 aromatic carbocycles. The average molecular weight is 369 g/mol. The summed E-state index contributed by atoms with van der Waals surface area (Å²) in [6, 6.07) is 6.21. The first-order valence-corrected chi connectivity index (χ1v) is 9.36. The summed E-state index contributed by atoms with van der Waals surface area (Å²) in [7, 11) is 0. The van der Waals surface area contributed by atoms with Crippen LogP contribution in [0.2, 0.25) is 0 Å². The fourth-order valence-corrected chi connectivity index (χ4v) is 3.32. The van der Waals surface area contributed by atoms with Gasteiger partial charge in [0.25, 0.3) is 0 Å². The van der Waals surface area contributed by atoms with Gasteiger partial charge in [-0.1, -0.05) is 12.1 Å². The van der Waals surface area contributed by atoms with Gasteiger partial charge in [-0.3, -0.25) is 4.79 Å². The van der Waals surface area contributed by atoms with Gasteiger partial charge < -0.3 is 20.7 Å². The van der Waals surface area contributed by atoms with E-state index in [9.17, 15) is 4.79 Å². The lowest BCUT2D eigenvalue weighted by Gasteiger charge is -2.32. The van der Waals surface area contributed by atoms with Gasteiger partial charge in [-0.15, -0.1) is 0 Å². The predicted molar refractivity (Wildman–Crippen MR) is 107 cm³/mol. The van der Waals surface area contributed by atoms with Crippen molar-refractivity contribution in [1.29, 1.82) is 0 Å². The number of nitrogen functional groups attached to an aromatic ring is 1. The van der Waals surface area contributed by atoms with Crippen LogP contribution in [0, 0.1) is 19.8 Å². The van der Waals surface area contributed by atoms with E-state index in [1.165, 1.54) is 6.33 Å². The van der Waals surface area contributed by atoms with Crippen LogP contribution in [0.4, 0.5) is 23.0 Å². The van der Waals surface area contributed by atoms with Gasteiger partial charge in [-0.25, -0.2) is 9.97 Å². The summed E-state index contributed by atoms with van der Waals surface area (Å²) < 4.78 is 5.13. The van der Waals surface area contributed by atoms with E-state index >= 15 is 0 Å². The number of ether oxygens (including phenoxy) is 1. The van der Waals surface area contributed by atoms with Crippen molar-refractivity contribution in [2.45, 2.75) is 33.6 Å². The minimum atomic E-state index is -0.106. The predicted octanol–water partition coefficient (Wildman–Crippen LogP) is 3.20. The SMILES string of the molecule is CCOC(=O)C1CCN(c2ncnc(Nc3cc(C)ccc3C)c2N)CC1. The Labute approximate surface area is 159 Å². The molecule has 3 N–H and O–H groups in total. The van der Waals surface area contributed by atoms with Crippen molar-refractivity contribution in [2.24, 2.45) is 5.92 Å². The molecular weight excluding hydrogens is 342 g/mol. The number of nitrogens with zero attached hydrogens (tertiary/aromatic N) is 3. The lowest BCUT2D eigenvalue weighted by Crippen LogP contribution is -2.37. The van der Waals surface area contributed by atoms with E-state index in [4.69, 9.17) is 10.5 Å². The maximum Gasteiger partial charge on any atom is 0.309 e. The zero-order valence-corrected chi connectivity index (χ0v) is 16.2. The van der Waals surface area contributed by atoms with Gasteiger partial charge in [0.15, 0.2) is 11.6 Å². The minimum Gasteiger partial charge on any atom is -0.466 e. The molecule has 2 heterocycles. The van der Waals surface area contributed by atoms with Gasteiger partial charge in [0.2, 0.25) is 0 Å². The molecule has 0 radical (unpaired) electrons. The van der Waals surface area contributed by atoms with E-state index in [-0.39, 0.29) is 11.9 Å². The molecule has 1 aliphatic rings. The van der Waals surface area contributed by atoms with Crippen LogP contribution < -0.4 is 16.0 Å². The average Bonchev–Trinajstić information content (AvgIpc) is 2.67. The Bertz CT molecular complexity index is 816. The highest BCUT2D eigenvalue weighted by Crippen LogP contribution is 2.32. The van der Waals surface area contributed by atoms with Gasteiger partial charge in [-0.05, 0) is 50.8 Å². The Morgan fingerprint density at radius 3 is 2.74 bits per heavy atom. The third-order valence-electron chi connectivity index (χ3n) is 4.92. The number of benzene rings is 1. The topological polar surface area (TPSA) is 93.4 Å². The van der Waals surface area contributed by atoms with Crippen LogP contribution in [0.15, 0.2) is 24.5 Å². The molecule has 1 aromatic heterocycles. The standard InChI is InChI=1S/C20H27N5O2/c1-4-27-20(26)15-7-9-25(10-8-15)19-17(21)18(22-12-23-19)24-16-11-13(2)5-6-14(16)3/h5-6,11-12,15H,4,7-10,21H2,1-3H3,(H,22,23,24). The van der Waals surface area contributed by atoms with Gasteiger partial charge in [0, 0.05) is 18.8 Å². The zero-order valence-electron chi connectivity index (χ0n) is 16.2. The van der Waals surface area contributed by atoms with Crippen LogP contribution in [0.5, 0.6) is 0 Å². The van der Waals surface area contributed by atoms with E-state index in [0.29, 0.717) is 37.0 Å². The molecule has 0 amide bonds. The van der Waals surface area contributed by atoms with Crippen LogP contribution in [0.3, 0.4) is 0 Å². The largest absolute Gasteiger partial charge is 0.466 e. The summed E-state index contributed by atoms with van der Waals surface area (Å²) in [6.45, 7) is 7.78. The first kappa shape index (κ1) is 18.9. The smallest absolute Gasteiger partial charge is 0.309 e. The van der Waals surface area contributed by atoms with Crippen molar-refractivity contribution < 1.29 is 9.53 Å². The van der Waals surface area contributed by atoms with Crippen LogP contribution in [0.1, 0.15) is 30.9 Å². The fraction of sp³-hybridized carbons (Fsp3) is 0.450. The number of piperidine rings is 1. The number of nitrogens with one attached hydrogen (secondary N) is 1. The van der Waals surface area contributed by atoms with E-state index in [1.807, 2.05) is 20.8 Å². The molecule has 1 fully saturated rings. The Kier molecular flexibility index (Phi) is 5.78. The molecule has 7 nitrogen and oxygen atoms in total. The molecule has 7 heteroatoms. The van der Waals surface area contributed by atoms with Crippen molar-refractivity contribution in [1.82, 2.24) is 9.97 Å². The highest BCUT2D eigenvalue weighted by molar-refractivity contribution is 5.79. The Morgan fingerprint density at radius 1 is 1.30 bits per heavy atom. The van der Waals surface area contributed by atoms with E-state index in [0.717, 1.165) is 29.7 Å². The Balaban J connectivity index is 1.74. The summed E-state index contributed by atoms with van der Waals surface area (Å²) in [5, 5.41) is 3.33. The second-order valence-corrected chi connectivity index (χ2v) is 6.92. The lowest BCUT2D eigenvalue weighted by molar-refractivity contribution is -0.148. The molecule has 0 bridgehead atoms. The first-order chi connectivity index (χ1) is 13.0. The molecule has 3 rings (SSSR count). The van der Waals surface area contributed by atoms with Gasteiger partial charge in [0.1, 0.15) is 12.0 Å². The molecule has 0 atom stereocenters. The van der Waals surface area contributed by atoms with E-state index < -0.39 is 0 Å². The monoisotopic (exact) mass is 369 g/mol. The van der Waals surface area contributed by atoms with Crippen molar-refractivity contribution >= 4 is 29.0 Å². The molecule has 1 aliphatic heterocycles. The van der Waals surface area contributed by atoms with Crippen molar-refractivity contribution in [2.75, 3.05) is 35.6 Å². The molecule has 2 aromatic rings. The third kappa shape index (κ3) is 4.30. The van der Waals surface area contributed by atoms with Crippen molar-refractivity contribution in [3.05, 3.63) is 35.7 Å².